The van der Waals surface area contributed by atoms with Crippen molar-refractivity contribution in [2.24, 2.45) is 0 Å². The minimum atomic E-state index is -4.30. The van der Waals surface area contributed by atoms with Gasteiger partial charge in [-0.3, -0.25) is 9.11 Å². The number of benzene rings is 2. The molecule has 0 fully saturated rings. The smallest absolute Gasteiger partial charge is 0.282 e. The van der Waals surface area contributed by atoms with E-state index in [-0.39, 0.29) is 113 Å². The van der Waals surface area contributed by atoms with E-state index < -0.39 is 20.2 Å². The maximum Gasteiger partial charge on any atom is 0.294 e. The Hall–Kier alpha value is 1.79. The Kier molecular flexibility index (Phi) is 8.78. The van der Waals surface area contributed by atoms with Crippen molar-refractivity contribution in [2.45, 2.75) is 9.79 Å². The van der Waals surface area contributed by atoms with Crippen molar-refractivity contribution in [1.82, 2.24) is 0 Å². The molecule has 0 bridgehead atoms. The van der Waals surface area contributed by atoms with Crippen LogP contribution in [0.4, 0.5) is 0 Å². The monoisotopic (exact) mass is 366 g/mol. The van der Waals surface area contributed by atoms with E-state index in [2.05, 4.69) is 0 Å². The van der Waals surface area contributed by atoms with Gasteiger partial charge in [-0.05, 0) is 35.0 Å². The molecule has 0 atom stereocenters. The molecule has 2 rings (SSSR count). The molecule has 2 aromatic rings. The molecule has 0 aromatic heterocycles. The average Bonchev–Trinajstić information content (AvgIpc) is 2.25. The molecular formula is C10H8K2O6S2. The minimum Gasteiger partial charge on any atom is -0.282 e. The van der Waals surface area contributed by atoms with Gasteiger partial charge in [0.05, 0.1) is 9.79 Å². The number of fused-ring (bicyclic) bond motifs is 1. The molecule has 2 N–H and O–H groups in total. The summed E-state index contributed by atoms with van der Waals surface area (Å²) in [5, 5.41) is 0.857. The summed E-state index contributed by atoms with van der Waals surface area (Å²) >= 11 is 0. The van der Waals surface area contributed by atoms with Gasteiger partial charge < -0.3 is 0 Å². The van der Waals surface area contributed by atoms with Crippen LogP contribution in [-0.4, -0.2) is 129 Å². The molecule has 0 unspecified atom stereocenters. The fourth-order valence-electron chi connectivity index (χ4n) is 1.52. The molecule has 0 saturated carbocycles. The van der Waals surface area contributed by atoms with Gasteiger partial charge in [-0.15, -0.1) is 0 Å². The van der Waals surface area contributed by atoms with Gasteiger partial charge in [0.1, 0.15) is 0 Å². The molecule has 0 saturated heterocycles. The molecule has 0 heterocycles. The fourth-order valence-corrected chi connectivity index (χ4v) is 2.55. The van der Waals surface area contributed by atoms with Gasteiger partial charge in [0.2, 0.25) is 0 Å². The van der Waals surface area contributed by atoms with Crippen molar-refractivity contribution in [3.8, 4) is 0 Å². The van der Waals surface area contributed by atoms with E-state index in [1.54, 1.807) is 0 Å². The summed E-state index contributed by atoms with van der Waals surface area (Å²) < 4.78 is 61.4. The molecule has 2 aromatic carbocycles. The second-order valence-corrected chi connectivity index (χ2v) is 6.46. The summed E-state index contributed by atoms with van der Waals surface area (Å²) in [7, 11) is -8.60. The third kappa shape index (κ3) is 5.46. The molecule has 20 heavy (non-hydrogen) atoms. The van der Waals surface area contributed by atoms with Gasteiger partial charge in [0.15, 0.2) is 0 Å². The van der Waals surface area contributed by atoms with Gasteiger partial charge in [-0.25, -0.2) is 0 Å². The Balaban J connectivity index is 0.00000180. The van der Waals surface area contributed by atoms with Crippen molar-refractivity contribution in [3.63, 3.8) is 0 Å². The van der Waals surface area contributed by atoms with E-state index in [0.29, 0.717) is 10.8 Å². The van der Waals surface area contributed by atoms with E-state index in [9.17, 15) is 16.8 Å². The van der Waals surface area contributed by atoms with Crippen molar-refractivity contribution in [2.75, 3.05) is 0 Å². The maximum absolute atomic E-state index is 10.9. The molecule has 6 nitrogen and oxygen atoms in total. The molecular weight excluding hydrogens is 358 g/mol. The molecule has 2 radical (unpaired) electrons. The fraction of sp³-hybridized carbons (Fsp3) is 0. The van der Waals surface area contributed by atoms with Crippen LogP contribution in [0.25, 0.3) is 10.8 Å². The standard InChI is InChI=1S/C10H8O6S2.2K/c11-17(12,13)9-3-1-7-5-10(18(14,15)16)4-2-8(7)6-9;;/h1-6H,(H,11,12,13)(H,14,15,16);;. The van der Waals surface area contributed by atoms with E-state index in [1.807, 2.05) is 0 Å². The van der Waals surface area contributed by atoms with Crippen LogP contribution in [0, 0.1) is 0 Å². The summed E-state index contributed by atoms with van der Waals surface area (Å²) in [4.78, 5) is -0.566. The van der Waals surface area contributed by atoms with Crippen LogP contribution in [0.2, 0.25) is 0 Å². The van der Waals surface area contributed by atoms with E-state index in [0.717, 1.165) is 12.1 Å². The largest absolute Gasteiger partial charge is 0.294 e. The first-order chi connectivity index (χ1) is 8.18. The molecule has 0 aliphatic rings. The van der Waals surface area contributed by atoms with Crippen molar-refractivity contribution < 1.29 is 25.9 Å². The van der Waals surface area contributed by atoms with Crippen molar-refractivity contribution in [3.05, 3.63) is 36.4 Å². The molecule has 0 aliphatic carbocycles. The minimum absolute atomic E-state index is 0. The third-order valence-electron chi connectivity index (χ3n) is 2.38. The first-order valence-corrected chi connectivity index (χ1v) is 7.55. The van der Waals surface area contributed by atoms with Crippen LogP contribution in [0.5, 0.6) is 0 Å². The molecule has 0 spiro atoms. The van der Waals surface area contributed by atoms with Gasteiger partial charge in [-0.2, -0.15) is 16.8 Å². The van der Waals surface area contributed by atoms with Crippen molar-refractivity contribution >= 4 is 134 Å². The SMILES string of the molecule is O=S(=O)(O)c1ccc2cc(S(=O)(=O)O)ccc2c1.[K].[K]. The summed E-state index contributed by atoms with van der Waals surface area (Å²) in [6.07, 6.45) is 0. The van der Waals surface area contributed by atoms with Crippen LogP contribution in [-0.2, 0) is 20.2 Å². The molecule has 10 heteroatoms. The zero-order valence-electron chi connectivity index (χ0n) is 10.8. The third-order valence-corrected chi connectivity index (χ3v) is 4.08. The number of hydrogen-bond donors (Lipinski definition) is 2. The Bertz CT molecular complexity index is 759. The van der Waals surface area contributed by atoms with Crippen LogP contribution in [0.3, 0.4) is 0 Å². The Labute approximate surface area is 201 Å². The summed E-state index contributed by atoms with van der Waals surface area (Å²) in [5.74, 6) is 0. The maximum atomic E-state index is 10.9. The predicted molar refractivity (Wildman–Crippen MR) is 75.1 cm³/mol. The van der Waals surface area contributed by atoms with Crippen LogP contribution in [0.15, 0.2) is 46.2 Å². The molecule has 0 amide bonds. The summed E-state index contributed by atoms with van der Waals surface area (Å²) in [6.45, 7) is 0. The normalized spacial score (nSPS) is 11.5. The van der Waals surface area contributed by atoms with E-state index in [1.165, 1.54) is 24.3 Å². The van der Waals surface area contributed by atoms with Crippen LogP contribution < -0.4 is 0 Å². The topological polar surface area (TPSA) is 109 Å². The molecule has 98 valence electrons. The van der Waals surface area contributed by atoms with E-state index >= 15 is 0 Å². The Morgan fingerprint density at radius 3 is 1.20 bits per heavy atom. The first-order valence-electron chi connectivity index (χ1n) is 4.67. The van der Waals surface area contributed by atoms with Gasteiger partial charge in [-0.1, -0.05) is 12.1 Å². The molecule has 0 aliphatic heterocycles. The average molecular weight is 366 g/mol. The summed E-state index contributed by atoms with van der Waals surface area (Å²) in [6, 6.07) is 7.38. The second-order valence-electron chi connectivity index (χ2n) is 3.62. The van der Waals surface area contributed by atoms with E-state index in [4.69, 9.17) is 9.11 Å². The van der Waals surface area contributed by atoms with Crippen LogP contribution >= 0.6 is 0 Å². The number of rotatable bonds is 2. The zero-order chi connectivity index (χ0) is 13.6. The Morgan fingerprint density at radius 2 is 0.950 bits per heavy atom. The first kappa shape index (κ1) is 21.8. The second kappa shape index (κ2) is 8.06. The van der Waals surface area contributed by atoms with Gasteiger partial charge >= 0.3 is 0 Å². The van der Waals surface area contributed by atoms with Gasteiger partial charge in [0, 0.05) is 103 Å². The zero-order valence-corrected chi connectivity index (χ0v) is 18.7. The number of hydrogen-bond acceptors (Lipinski definition) is 4. The summed E-state index contributed by atoms with van der Waals surface area (Å²) in [5.41, 5.74) is 0. The Morgan fingerprint density at radius 1 is 0.650 bits per heavy atom. The van der Waals surface area contributed by atoms with Gasteiger partial charge in [0.25, 0.3) is 20.2 Å². The predicted octanol–water partition coefficient (Wildman–Crippen LogP) is 0.572. The van der Waals surface area contributed by atoms with Crippen molar-refractivity contribution in [1.29, 1.82) is 0 Å². The van der Waals surface area contributed by atoms with Crippen LogP contribution in [0.1, 0.15) is 0 Å². The quantitative estimate of drug-likeness (QED) is 0.594.